The highest BCUT2D eigenvalue weighted by Crippen LogP contribution is 2.36. The van der Waals surface area contributed by atoms with Gasteiger partial charge < -0.3 is 14.8 Å². The minimum absolute atomic E-state index is 0.0556. The number of ether oxygens (including phenoxy) is 2. The molecule has 5 nitrogen and oxygen atoms in total. The third-order valence-electron chi connectivity index (χ3n) is 4.06. The molecule has 2 aromatic rings. The smallest absolute Gasteiger partial charge is 0.175 e. The molecule has 2 aromatic carbocycles. The molecule has 0 aliphatic rings. The van der Waals surface area contributed by atoms with Crippen LogP contribution in [0.4, 0.5) is 0 Å². The molecule has 0 aliphatic heterocycles. The quantitative estimate of drug-likeness (QED) is 0.574. The van der Waals surface area contributed by atoms with E-state index in [4.69, 9.17) is 9.47 Å². The lowest BCUT2D eigenvalue weighted by atomic mass is 10.1. The molecular formula is C20H24BrNO4S. The normalized spacial score (nSPS) is 12.4. The van der Waals surface area contributed by atoms with Crippen LogP contribution in [0.3, 0.4) is 0 Å². The SMILES string of the molecule is C=CCOc1c(Br)cc(CNC(C)c2ccc(S(C)(=O)=O)cc2)cc1OC. The van der Waals surface area contributed by atoms with E-state index < -0.39 is 9.84 Å². The maximum Gasteiger partial charge on any atom is 0.175 e. The maximum absolute atomic E-state index is 11.6. The molecule has 146 valence electrons. The second kappa shape index (κ2) is 9.39. The summed E-state index contributed by atoms with van der Waals surface area (Å²) in [5.74, 6) is 1.29. The molecule has 1 atom stereocenters. The molecule has 0 heterocycles. The van der Waals surface area contributed by atoms with Crippen LogP contribution in [0.25, 0.3) is 0 Å². The zero-order valence-electron chi connectivity index (χ0n) is 15.7. The van der Waals surface area contributed by atoms with Gasteiger partial charge in [0.1, 0.15) is 6.61 Å². The van der Waals surface area contributed by atoms with Crippen LogP contribution in [0, 0.1) is 0 Å². The van der Waals surface area contributed by atoms with Crippen molar-refractivity contribution in [3.05, 3.63) is 64.7 Å². The molecular weight excluding hydrogens is 430 g/mol. The van der Waals surface area contributed by atoms with Crippen molar-refractivity contribution in [2.75, 3.05) is 20.0 Å². The van der Waals surface area contributed by atoms with Crippen molar-refractivity contribution in [3.8, 4) is 11.5 Å². The van der Waals surface area contributed by atoms with Gasteiger partial charge in [-0.3, -0.25) is 0 Å². The van der Waals surface area contributed by atoms with E-state index in [1.807, 2.05) is 31.2 Å². The van der Waals surface area contributed by atoms with Crippen molar-refractivity contribution in [1.29, 1.82) is 0 Å². The fourth-order valence-corrected chi connectivity index (χ4v) is 3.78. The van der Waals surface area contributed by atoms with E-state index in [1.54, 1.807) is 25.3 Å². The number of hydrogen-bond donors (Lipinski definition) is 1. The lowest BCUT2D eigenvalue weighted by Crippen LogP contribution is -2.18. The van der Waals surface area contributed by atoms with E-state index in [9.17, 15) is 8.42 Å². The number of halogens is 1. The number of hydrogen-bond acceptors (Lipinski definition) is 5. The molecule has 1 N–H and O–H groups in total. The van der Waals surface area contributed by atoms with E-state index in [1.165, 1.54) is 6.26 Å². The molecule has 0 bridgehead atoms. The Kier molecular flexibility index (Phi) is 7.47. The van der Waals surface area contributed by atoms with E-state index in [-0.39, 0.29) is 6.04 Å². The number of methoxy groups -OCH3 is 1. The van der Waals surface area contributed by atoms with Gasteiger partial charge in [0.05, 0.1) is 16.5 Å². The Morgan fingerprint density at radius 2 is 1.93 bits per heavy atom. The van der Waals surface area contributed by atoms with Crippen molar-refractivity contribution in [3.63, 3.8) is 0 Å². The lowest BCUT2D eigenvalue weighted by Gasteiger charge is -2.17. The summed E-state index contributed by atoms with van der Waals surface area (Å²) in [6.07, 6.45) is 2.88. The van der Waals surface area contributed by atoms with E-state index in [2.05, 4.69) is 27.8 Å². The molecule has 1 unspecified atom stereocenters. The Balaban J connectivity index is 2.09. The van der Waals surface area contributed by atoms with Gasteiger partial charge >= 0.3 is 0 Å². The first-order valence-electron chi connectivity index (χ1n) is 8.39. The largest absolute Gasteiger partial charge is 0.493 e. The molecule has 7 heteroatoms. The summed E-state index contributed by atoms with van der Waals surface area (Å²) in [7, 11) is -1.58. The average Bonchev–Trinajstić information content (AvgIpc) is 2.64. The number of sulfone groups is 1. The minimum atomic E-state index is -3.18. The Hall–Kier alpha value is -1.83. The summed E-state index contributed by atoms with van der Waals surface area (Å²) in [6, 6.07) is 10.9. The first-order valence-corrected chi connectivity index (χ1v) is 11.1. The fraction of sp³-hybridized carbons (Fsp3) is 0.300. The molecule has 0 aromatic heterocycles. The van der Waals surface area contributed by atoms with Crippen LogP contribution in [0.5, 0.6) is 11.5 Å². The third kappa shape index (κ3) is 5.82. The fourth-order valence-electron chi connectivity index (χ4n) is 2.55. The number of rotatable bonds is 9. The van der Waals surface area contributed by atoms with Gasteiger partial charge in [0.15, 0.2) is 21.3 Å². The second-order valence-electron chi connectivity index (χ2n) is 6.15. The molecule has 0 spiro atoms. The summed E-state index contributed by atoms with van der Waals surface area (Å²) in [5.41, 5.74) is 2.05. The molecule has 0 amide bonds. The highest BCUT2D eigenvalue weighted by molar-refractivity contribution is 9.10. The minimum Gasteiger partial charge on any atom is -0.493 e. The standard InChI is InChI=1S/C20H24BrNO4S/c1-5-10-26-20-18(21)11-15(12-19(20)25-3)13-22-14(2)16-6-8-17(9-7-16)27(4,23)24/h5-9,11-12,14,22H,1,10,13H2,2-4H3. The molecule has 27 heavy (non-hydrogen) atoms. The second-order valence-corrected chi connectivity index (χ2v) is 9.02. The topological polar surface area (TPSA) is 64.6 Å². The third-order valence-corrected chi connectivity index (χ3v) is 5.77. The monoisotopic (exact) mass is 453 g/mol. The molecule has 0 radical (unpaired) electrons. The Morgan fingerprint density at radius 1 is 1.26 bits per heavy atom. The van der Waals surface area contributed by atoms with Crippen LogP contribution in [0.2, 0.25) is 0 Å². The first-order chi connectivity index (χ1) is 12.8. The number of nitrogens with one attached hydrogen (secondary N) is 1. The summed E-state index contributed by atoms with van der Waals surface area (Å²) < 4.78 is 35.0. The van der Waals surface area contributed by atoms with Crippen molar-refractivity contribution < 1.29 is 17.9 Å². The average molecular weight is 454 g/mol. The predicted octanol–water partition coefficient (Wildman–Crippen LogP) is 4.28. The highest BCUT2D eigenvalue weighted by atomic mass is 79.9. The Morgan fingerprint density at radius 3 is 2.48 bits per heavy atom. The Labute approximate surface area is 169 Å². The van der Waals surface area contributed by atoms with Gasteiger partial charge in [-0.2, -0.15) is 0 Å². The highest BCUT2D eigenvalue weighted by Gasteiger charge is 2.13. The molecule has 2 rings (SSSR count). The number of benzene rings is 2. The zero-order chi connectivity index (χ0) is 20.0. The van der Waals surface area contributed by atoms with Crippen LogP contribution in [-0.4, -0.2) is 28.4 Å². The van der Waals surface area contributed by atoms with Crippen LogP contribution < -0.4 is 14.8 Å². The van der Waals surface area contributed by atoms with Crippen LogP contribution in [0.15, 0.2) is 58.4 Å². The molecule has 0 aliphatic carbocycles. The van der Waals surface area contributed by atoms with Crippen LogP contribution >= 0.6 is 15.9 Å². The zero-order valence-corrected chi connectivity index (χ0v) is 18.1. The molecule has 0 fully saturated rings. The van der Waals surface area contributed by atoms with Gasteiger partial charge in [-0.05, 0) is 58.2 Å². The van der Waals surface area contributed by atoms with Gasteiger partial charge in [0, 0.05) is 18.8 Å². The maximum atomic E-state index is 11.6. The van der Waals surface area contributed by atoms with Crippen LogP contribution in [-0.2, 0) is 16.4 Å². The lowest BCUT2D eigenvalue weighted by molar-refractivity contribution is 0.324. The van der Waals surface area contributed by atoms with Crippen molar-refractivity contribution >= 4 is 25.8 Å². The predicted molar refractivity (Wildman–Crippen MR) is 111 cm³/mol. The molecule has 0 saturated carbocycles. The van der Waals surface area contributed by atoms with Gasteiger partial charge in [-0.25, -0.2) is 8.42 Å². The van der Waals surface area contributed by atoms with Crippen molar-refractivity contribution in [2.24, 2.45) is 0 Å². The van der Waals surface area contributed by atoms with E-state index >= 15 is 0 Å². The first kappa shape index (κ1) is 21.5. The van der Waals surface area contributed by atoms with Gasteiger partial charge in [0.2, 0.25) is 0 Å². The summed E-state index contributed by atoms with van der Waals surface area (Å²) >= 11 is 3.52. The van der Waals surface area contributed by atoms with E-state index in [0.717, 1.165) is 15.6 Å². The summed E-state index contributed by atoms with van der Waals surface area (Å²) in [4.78, 5) is 0.322. The van der Waals surface area contributed by atoms with Crippen LogP contribution in [0.1, 0.15) is 24.1 Å². The molecule has 0 saturated heterocycles. The van der Waals surface area contributed by atoms with Crippen molar-refractivity contribution in [1.82, 2.24) is 5.32 Å². The summed E-state index contributed by atoms with van der Waals surface area (Å²) in [6.45, 7) is 6.69. The summed E-state index contributed by atoms with van der Waals surface area (Å²) in [5, 5.41) is 3.43. The van der Waals surface area contributed by atoms with Gasteiger partial charge in [-0.1, -0.05) is 24.8 Å². The van der Waals surface area contributed by atoms with E-state index in [0.29, 0.717) is 29.5 Å². The Bertz CT molecular complexity index is 895. The van der Waals surface area contributed by atoms with Gasteiger partial charge in [0.25, 0.3) is 0 Å². The van der Waals surface area contributed by atoms with Crippen molar-refractivity contribution in [2.45, 2.75) is 24.4 Å². The van der Waals surface area contributed by atoms with Gasteiger partial charge in [-0.15, -0.1) is 0 Å².